The van der Waals surface area contributed by atoms with Gasteiger partial charge < -0.3 is 10.0 Å². The third-order valence-electron chi connectivity index (χ3n) is 3.32. The van der Waals surface area contributed by atoms with Crippen LogP contribution < -0.4 is 0 Å². The molecule has 1 saturated heterocycles. The maximum absolute atomic E-state index is 10.9. The molecule has 1 aromatic rings. The molecule has 100 valence electrons. The number of aryl methyl sites for hydroxylation is 1. The number of piperazine rings is 1. The third kappa shape index (κ3) is 3.20. The number of carbonyl (C=O) groups is 1. The van der Waals surface area contributed by atoms with Gasteiger partial charge in [-0.15, -0.1) is 11.3 Å². The Labute approximate surface area is 111 Å². The SMILES string of the molecule is Cc1cnc(CCN2CCN(C(=O)O)C[C@@H]2C)s1. The molecule has 18 heavy (non-hydrogen) atoms. The van der Waals surface area contributed by atoms with Crippen LogP contribution in [0.25, 0.3) is 0 Å². The maximum Gasteiger partial charge on any atom is 0.407 e. The van der Waals surface area contributed by atoms with Gasteiger partial charge in [0.15, 0.2) is 0 Å². The second-order valence-corrected chi connectivity index (χ2v) is 6.05. The van der Waals surface area contributed by atoms with E-state index in [2.05, 4.69) is 23.7 Å². The number of hydrogen-bond acceptors (Lipinski definition) is 4. The fourth-order valence-electron chi connectivity index (χ4n) is 2.26. The highest BCUT2D eigenvalue weighted by Gasteiger charge is 2.26. The molecule has 0 unspecified atom stereocenters. The summed E-state index contributed by atoms with van der Waals surface area (Å²) in [6.07, 6.45) is 2.05. The Hall–Kier alpha value is -1.14. The first kappa shape index (κ1) is 13.3. The summed E-state index contributed by atoms with van der Waals surface area (Å²) in [5.74, 6) is 0. The van der Waals surface area contributed by atoms with Crippen LogP contribution in [0.2, 0.25) is 0 Å². The van der Waals surface area contributed by atoms with Gasteiger partial charge in [-0.1, -0.05) is 0 Å². The number of amides is 1. The zero-order valence-corrected chi connectivity index (χ0v) is 11.6. The topological polar surface area (TPSA) is 56.7 Å². The van der Waals surface area contributed by atoms with Crippen LogP contribution in [-0.2, 0) is 6.42 Å². The Bertz CT molecular complexity index is 421. The first-order valence-electron chi connectivity index (χ1n) is 6.19. The smallest absolute Gasteiger partial charge is 0.407 e. The molecule has 0 aliphatic carbocycles. The average Bonchev–Trinajstić information content (AvgIpc) is 2.73. The monoisotopic (exact) mass is 269 g/mol. The molecule has 5 nitrogen and oxygen atoms in total. The van der Waals surface area contributed by atoms with Crippen LogP contribution in [0.15, 0.2) is 6.20 Å². The standard InChI is InChI=1S/C12H19N3O2S/c1-9-8-15(12(16)17)6-5-14(9)4-3-11-13-7-10(2)18-11/h7,9H,3-6,8H2,1-2H3,(H,16,17)/t9-/m0/s1. The van der Waals surface area contributed by atoms with Gasteiger partial charge in [0, 0.05) is 49.7 Å². The van der Waals surface area contributed by atoms with E-state index in [-0.39, 0.29) is 6.04 Å². The molecule has 6 heteroatoms. The number of aromatic nitrogens is 1. The molecule has 0 saturated carbocycles. The lowest BCUT2D eigenvalue weighted by Crippen LogP contribution is -2.53. The predicted octanol–water partition coefficient (Wildman–Crippen LogP) is 1.68. The fourth-order valence-corrected chi connectivity index (χ4v) is 3.03. The van der Waals surface area contributed by atoms with Crippen molar-refractivity contribution in [1.29, 1.82) is 0 Å². The van der Waals surface area contributed by atoms with Gasteiger partial charge in [-0.05, 0) is 13.8 Å². The Balaban J connectivity index is 1.82. The molecule has 0 radical (unpaired) electrons. The van der Waals surface area contributed by atoms with Crippen LogP contribution in [0, 0.1) is 6.92 Å². The van der Waals surface area contributed by atoms with Gasteiger partial charge in [-0.2, -0.15) is 0 Å². The lowest BCUT2D eigenvalue weighted by atomic mass is 10.2. The number of nitrogens with zero attached hydrogens (tertiary/aromatic N) is 3. The summed E-state index contributed by atoms with van der Waals surface area (Å²) in [4.78, 5) is 20.3. The van der Waals surface area contributed by atoms with Gasteiger partial charge in [0.05, 0.1) is 5.01 Å². The molecule has 1 fully saturated rings. The average molecular weight is 269 g/mol. The van der Waals surface area contributed by atoms with E-state index in [0.717, 1.165) is 19.5 Å². The lowest BCUT2D eigenvalue weighted by Gasteiger charge is -2.38. The Morgan fingerprint density at radius 3 is 2.94 bits per heavy atom. The van der Waals surface area contributed by atoms with Crippen LogP contribution >= 0.6 is 11.3 Å². The zero-order valence-electron chi connectivity index (χ0n) is 10.8. The van der Waals surface area contributed by atoms with Gasteiger partial charge in [-0.25, -0.2) is 9.78 Å². The highest BCUT2D eigenvalue weighted by Crippen LogP contribution is 2.14. The molecule has 1 aliphatic rings. The summed E-state index contributed by atoms with van der Waals surface area (Å²) in [5, 5.41) is 10.1. The van der Waals surface area contributed by atoms with E-state index in [1.54, 1.807) is 11.3 Å². The molecule has 2 rings (SSSR count). The largest absolute Gasteiger partial charge is 0.465 e. The molecule has 1 atom stereocenters. The summed E-state index contributed by atoms with van der Waals surface area (Å²) >= 11 is 1.74. The van der Waals surface area contributed by atoms with Gasteiger partial charge in [0.25, 0.3) is 0 Å². The summed E-state index contributed by atoms with van der Waals surface area (Å²) in [6.45, 7) is 7.14. The van der Waals surface area contributed by atoms with Crippen molar-refractivity contribution in [3.05, 3.63) is 16.1 Å². The molecule has 2 heterocycles. The summed E-state index contributed by atoms with van der Waals surface area (Å²) < 4.78 is 0. The zero-order chi connectivity index (χ0) is 13.1. The van der Waals surface area contributed by atoms with E-state index in [1.165, 1.54) is 14.8 Å². The van der Waals surface area contributed by atoms with Gasteiger partial charge in [0.2, 0.25) is 0 Å². The van der Waals surface area contributed by atoms with Gasteiger partial charge in [-0.3, -0.25) is 4.90 Å². The van der Waals surface area contributed by atoms with E-state index in [1.807, 2.05) is 6.20 Å². The second kappa shape index (κ2) is 5.67. The van der Waals surface area contributed by atoms with Crippen LogP contribution in [0.1, 0.15) is 16.8 Å². The minimum absolute atomic E-state index is 0.288. The van der Waals surface area contributed by atoms with Crippen molar-refractivity contribution in [2.75, 3.05) is 26.2 Å². The van der Waals surface area contributed by atoms with E-state index >= 15 is 0 Å². The minimum Gasteiger partial charge on any atom is -0.465 e. The normalized spacial score (nSPS) is 21.2. The Morgan fingerprint density at radius 2 is 2.39 bits per heavy atom. The molecule has 0 bridgehead atoms. The molecule has 1 N–H and O–H groups in total. The Morgan fingerprint density at radius 1 is 1.61 bits per heavy atom. The lowest BCUT2D eigenvalue weighted by molar-refractivity contribution is 0.0760. The van der Waals surface area contributed by atoms with Crippen molar-refractivity contribution < 1.29 is 9.90 Å². The van der Waals surface area contributed by atoms with Crippen molar-refractivity contribution in [2.45, 2.75) is 26.3 Å². The van der Waals surface area contributed by atoms with Crippen molar-refractivity contribution in [2.24, 2.45) is 0 Å². The number of rotatable bonds is 3. The fraction of sp³-hybridized carbons (Fsp3) is 0.667. The van der Waals surface area contributed by atoms with E-state index in [9.17, 15) is 4.79 Å². The van der Waals surface area contributed by atoms with Crippen LogP contribution in [-0.4, -0.2) is 58.2 Å². The van der Waals surface area contributed by atoms with Crippen LogP contribution in [0.5, 0.6) is 0 Å². The van der Waals surface area contributed by atoms with Gasteiger partial charge in [0.1, 0.15) is 0 Å². The van der Waals surface area contributed by atoms with E-state index in [0.29, 0.717) is 13.1 Å². The number of hydrogen-bond donors (Lipinski definition) is 1. The van der Waals surface area contributed by atoms with E-state index in [4.69, 9.17) is 5.11 Å². The third-order valence-corrected chi connectivity index (χ3v) is 4.29. The van der Waals surface area contributed by atoms with Gasteiger partial charge >= 0.3 is 6.09 Å². The number of thiazole rings is 1. The molecular weight excluding hydrogens is 250 g/mol. The summed E-state index contributed by atoms with van der Waals surface area (Å²) in [5.41, 5.74) is 0. The van der Waals surface area contributed by atoms with E-state index < -0.39 is 6.09 Å². The van der Waals surface area contributed by atoms with Crippen molar-refractivity contribution in [3.8, 4) is 0 Å². The van der Waals surface area contributed by atoms with Crippen molar-refractivity contribution in [3.63, 3.8) is 0 Å². The molecule has 1 aromatic heterocycles. The molecule has 0 spiro atoms. The minimum atomic E-state index is -0.808. The van der Waals surface area contributed by atoms with Crippen LogP contribution in [0.4, 0.5) is 4.79 Å². The number of carboxylic acid groups (broad SMARTS) is 1. The summed E-state index contributed by atoms with van der Waals surface area (Å²) in [7, 11) is 0. The highest BCUT2D eigenvalue weighted by molar-refractivity contribution is 7.11. The molecular formula is C12H19N3O2S. The van der Waals surface area contributed by atoms with Crippen molar-refractivity contribution in [1.82, 2.24) is 14.8 Å². The maximum atomic E-state index is 10.9. The van der Waals surface area contributed by atoms with Crippen LogP contribution in [0.3, 0.4) is 0 Å². The first-order chi connectivity index (χ1) is 8.56. The second-order valence-electron chi connectivity index (χ2n) is 4.73. The predicted molar refractivity (Wildman–Crippen MR) is 71.2 cm³/mol. The highest BCUT2D eigenvalue weighted by atomic mass is 32.1. The molecule has 1 aliphatic heterocycles. The van der Waals surface area contributed by atoms with Crippen molar-refractivity contribution >= 4 is 17.4 Å². The summed E-state index contributed by atoms with van der Waals surface area (Å²) in [6, 6.07) is 0.288. The first-order valence-corrected chi connectivity index (χ1v) is 7.01. The molecule has 0 aromatic carbocycles. The quantitative estimate of drug-likeness (QED) is 0.907. The Kier molecular flexibility index (Phi) is 4.19. The molecule has 1 amide bonds.